The molecule has 0 aliphatic carbocycles. The lowest BCUT2D eigenvalue weighted by Crippen LogP contribution is -2.49. The van der Waals surface area contributed by atoms with Gasteiger partial charge in [-0.3, -0.25) is 9.59 Å². The number of amides is 2. The van der Waals surface area contributed by atoms with Gasteiger partial charge in [-0.2, -0.15) is 0 Å². The standard InChI is InChI=1S/C20H33N3O5S/c1-7-10-13(21-18(26)15(24)12(8-2)9-3)17(25)23-20-22-14(19(27)28-6)16(29-20)11(4)5/h11-13,15,24H,7-10H2,1-6H3,(H,21,26)(H,22,23,25)/t13-,15+/m0/s1. The molecule has 0 aliphatic heterocycles. The average molecular weight is 428 g/mol. The Balaban J connectivity index is 2.95. The van der Waals surface area contributed by atoms with E-state index in [0.717, 1.165) is 0 Å². The molecule has 1 aromatic rings. The second kappa shape index (κ2) is 11.9. The first-order valence-corrected chi connectivity index (χ1v) is 10.9. The third kappa shape index (κ3) is 6.78. The first-order chi connectivity index (χ1) is 13.7. The number of hydrogen-bond donors (Lipinski definition) is 3. The predicted molar refractivity (Wildman–Crippen MR) is 113 cm³/mol. The highest BCUT2D eigenvalue weighted by atomic mass is 32.1. The lowest BCUT2D eigenvalue weighted by atomic mass is 9.95. The molecule has 8 nitrogen and oxygen atoms in total. The molecule has 29 heavy (non-hydrogen) atoms. The largest absolute Gasteiger partial charge is 0.464 e. The van der Waals surface area contributed by atoms with Gasteiger partial charge in [-0.25, -0.2) is 9.78 Å². The number of hydrogen-bond acceptors (Lipinski definition) is 7. The van der Waals surface area contributed by atoms with Crippen LogP contribution < -0.4 is 10.6 Å². The molecular weight excluding hydrogens is 394 g/mol. The number of methoxy groups -OCH3 is 1. The van der Waals surface area contributed by atoms with Gasteiger partial charge in [0.2, 0.25) is 11.8 Å². The van der Waals surface area contributed by atoms with Crippen molar-refractivity contribution in [2.24, 2.45) is 5.92 Å². The van der Waals surface area contributed by atoms with Crippen LogP contribution in [0.4, 0.5) is 5.13 Å². The van der Waals surface area contributed by atoms with Gasteiger partial charge < -0.3 is 20.5 Å². The summed E-state index contributed by atoms with van der Waals surface area (Å²) < 4.78 is 4.76. The van der Waals surface area contributed by atoms with Gasteiger partial charge in [0.05, 0.1) is 7.11 Å². The van der Waals surface area contributed by atoms with Crippen LogP contribution in [0.2, 0.25) is 0 Å². The molecule has 0 saturated carbocycles. The highest BCUT2D eigenvalue weighted by molar-refractivity contribution is 7.16. The summed E-state index contributed by atoms with van der Waals surface area (Å²) in [5.74, 6) is -1.66. The molecule has 0 aliphatic rings. The van der Waals surface area contributed by atoms with Crippen LogP contribution in [0.25, 0.3) is 0 Å². The number of thiazole rings is 1. The van der Waals surface area contributed by atoms with Gasteiger partial charge in [0.1, 0.15) is 12.1 Å². The zero-order chi connectivity index (χ0) is 22.1. The Morgan fingerprint density at radius 1 is 1.14 bits per heavy atom. The fourth-order valence-corrected chi connectivity index (χ4v) is 3.93. The number of anilines is 1. The molecule has 1 heterocycles. The Bertz CT molecular complexity index is 700. The molecule has 1 rings (SSSR count). The van der Waals surface area contributed by atoms with Crippen molar-refractivity contribution in [1.82, 2.24) is 10.3 Å². The summed E-state index contributed by atoms with van der Waals surface area (Å²) in [4.78, 5) is 42.0. The van der Waals surface area contributed by atoms with Crippen molar-refractivity contribution < 1.29 is 24.2 Å². The molecule has 0 saturated heterocycles. The maximum Gasteiger partial charge on any atom is 0.357 e. The van der Waals surface area contributed by atoms with Crippen LogP contribution in [-0.2, 0) is 14.3 Å². The van der Waals surface area contributed by atoms with Crippen molar-refractivity contribution in [3.05, 3.63) is 10.6 Å². The summed E-state index contributed by atoms with van der Waals surface area (Å²) in [6.45, 7) is 9.57. The number of aromatic nitrogens is 1. The first-order valence-electron chi connectivity index (χ1n) is 10.1. The topological polar surface area (TPSA) is 118 Å². The van der Waals surface area contributed by atoms with E-state index in [2.05, 4.69) is 15.6 Å². The van der Waals surface area contributed by atoms with Crippen molar-refractivity contribution in [3.8, 4) is 0 Å². The smallest absolute Gasteiger partial charge is 0.357 e. The summed E-state index contributed by atoms with van der Waals surface area (Å²) in [6, 6.07) is -0.801. The van der Waals surface area contributed by atoms with Gasteiger partial charge in [0, 0.05) is 4.88 Å². The number of nitrogens with zero attached hydrogens (tertiary/aromatic N) is 1. The van der Waals surface area contributed by atoms with Crippen molar-refractivity contribution in [2.45, 2.75) is 78.4 Å². The van der Waals surface area contributed by atoms with Gasteiger partial charge in [-0.05, 0) is 18.3 Å². The second-order valence-corrected chi connectivity index (χ2v) is 8.27. The number of carbonyl (C=O) groups excluding carboxylic acids is 3. The summed E-state index contributed by atoms with van der Waals surface area (Å²) >= 11 is 1.21. The maximum atomic E-state index is 12.7. The van der Waals surface area contributed by atoms with Crippen LogP contribution in [-0.4, -0.2) is 47.1 Å². The fraction of sp³-hybridized carbons (Fsp3) is 0.700. The zero-order valence-corrected chi connectivity index (χ0v) is 18.9. The number of ether oxygens (including phenoxy) is 1. The molecule has 164 valence electrons. The van der Waals surface area contributed by atoms with E-state index < -0.39 is 29.9 Å². The fourth-order valence-electron chi connectivity index (χ4n) is 2.98. The van der Waals surface area contributed by atoms with Gasteiger partial charge >= 0.3 is 5.97 Å². The molecule has 2 amide bonds. The Labute approximate surface area is 176 Å². The van der Waals surface area contributed by atoms with E-state index in [4.69, 9.17) is 4.74 Å². The highest BCUT2D eigenvalue weighted by Gasteiger charge is 2.29. The molecule has 2 atom stereocenters. The molecule has 0 spiro atoms. The van der Waals surface area contributed by atoms with E-state index in [1.54, 1.807) is 0 Å². The van der Waals surface area contributed by atoms with Gasteiger partial charge in [-0.1, -0.05) is 53.9 Å². The minimum absolute atomic E-state index is 0.0357. The van der Waals surface area contributed by atoms with E-state index in [-0.39, 0.29) is 22.7 Å². The molecule has 9 heteroatoms. The third-order valence-corrected chi connectivity index (χ3v) is 6.03. The summed E-state index contributed by atoms with van der Waals surface area (Å²) in [5, 5.41) is 15.9. The van der Waals surface area contributed by atoms with Crippen molar-refractivity contribution in [3.63, 3.8) is 0 Å². The molecular formula is C20H33N3O5S. The normalized spacial score (nSPS) is 13.3. The molecule has 3 N–H and O–H groups in total. The number of aliphatic hydroxyl groups is 1. The molecule has 0 unspecified atom stereocenters. The van der Waals surface area contributed by atoms with Crippen LogP contribution >= 0.6 is 11.3 Å². The quantitative estimate of drug-likeness (QED) is 0.467. The van der Waals surface area contributed by atoms with E-state index in [9.17, 15) is 19.5 Å². The molecule has 0 aromatic carbocycles. The van der Waals surface area contributed by atoms with Gasteiger partial charge in [0.15, 0.2) is 10.8 Å². The maximum absolute atomic E-state index is 12.7. The summed E-state index contributed by atoms with van der Waals surface area (Å²) in [6.07, 6.45) is 1.27. The summed E-state index contributed by atoms with van der Waals surface area (Å²) in [7, 11) is 1.28. The van der Waals surface area contributed by atoms with Gasteiger partial charge in [-0.15, -0.1) is 11.3 Å². The van der Waals surface area contributed by atoms with E-state index in [1.807, 2.05) is 34.6 Å². The number of nitrogens with one attached hydrogen (secondary N) is 2. The third-order valence-electron chi connectivity index (χ3n) is 4.76. The SMILES string of the molecule is CCC[C@H](NC(=O)[C@H](O)C(CC)CC)C(=O)Nc1nc(C(=O)OC)c(C(C)C)s1. The van der Waals surface area contributed by atoms with Crippen LogP contribution in [0.15, 0.2) is 0 Å². The number of rotatable bonds is 11. The Kier molecular flexibility index (Phi) is 10.2. The molecule has 0 fully saturated rings. The number of aliphatic hydroxyl groups excluding tert-OH is 1. The predicted octanol–water partition coefficient (Wildman–Crippen LogP) is 3.07. The minimum atomic E-state index is -1.16. The molecule has 0 radical (unpaired) electrons. The van der Waals surface area contributed by atoms with Crippen molar-refractivity contribution >= 4 is 34.3 Å². The summed E-state index contributed by atoms with van der Waals surface area (Å²) in [5.41, 5.74) is 0.183. The monoisotopic (exact) mass is 427 g/mol. The van der Waals surface area contributed by atoms with E-state index in [0.29, 0.717) is 30.6 Å². The molecule has 1 aromatic heterocycles. The first kappa shape index (κ1) is 25.0. The van der Waals surface area contributed by atoms with Crippen LogP contribution in [0.3, 0.4) is 0 Å². The number of esters is 1. The Morgan fingerprint density at radius 2 is 1.76 bits per heavy atom. The van der Waals surface area contributed by atoms with Crippen LogP contribution in [0.5, 0.6) is 0 Å². The Morgan fingerprint density at radius 3 is 2.24 bits per heavy atom. The molecule has 0 bridgehead atoms. The van der Waals surface area contributed by atoms with Crippen molar-refractivity contribution in [1.29, 1.82) is 0 Å². The lowest BCUT2D eigenvalue weighted by molar-refractivity contribution is -0.135. The van der Waals surface area contributed by atoms with Crippen molar-refractivity contribution in [2.75, 3.05) is 12.4 Å². The van der Waals surface area contributed by atoms with Crippen LogP contribution in [0, 0.1) is 5.92 Å². The van der Waals surface area contributed by atoms with Gasteiger partial charge in [0.25, 0.3) is 0 Å². The van der Waals surface area contributed by atoms with E-state index >= 15 is 0 Å². The lowest BCUT2D eigenvalue weighted by Gasteiger charge is -2.23. The minimum Gasteiger partial charge on any atom is -0.464 e. The van der Waals surface area contributed by atoms with E-state index in [1.165, 1.54) is 18.4 Å². The zero-order valence-electron chi connectivity index (χ0n) is 18.1. The average Bonchev–Trinajstić information content (AvgIpc) is 3.11. The highest BCUT2D eigenvalue weighted by Crippen LogP contribution is 2.30. The van der Waals surface area contributed by atoms with Crippen LogP contribution in [0.1, 0.15) is 81.6 Å². The second-order valence-electron chi connectivity index (χ2n) is 7.24. The number of carbonyl (C=O) groups is 3. The Hall–Kier alpha value is -2.00.